The second-order valence-electron chi connectivity index (χ2n) is 4.29. The molecule has 0 saturated carbocycles. The van der Waals surface area contributed by atoms with Crippen LogP contribution in [0.2, 0.25) is 0 Å². The third-order valence-corrected chi connectivity index (χ3v) is 2.72. The van der Waals surface area contributed by atoms with Crippen LogP contribution in [0.25, 0.3) is 0 Å². The molecular weight excluding hydrogens is 214 g/mol. The quantitative estimate of drug-likeness (QED) is 0.641. The molecule has 4 nitrogen and oxygen atoms in total. The van der Waals surface area contributed by atoms with Crippen molar-refractivity contribution in [2.75, 3.05) is 6.54 Å². The minimum absolute atomic E-state index is 0.207. The number of carbonyl (C=O) groups excluding carboxylic acids is 1. The van der Waals surface area contributed by atoms with Gasteiger partial charge in [-0.15, -0.1) is 0 Å². The SMILES string of the molecule is CCCn1cccc1CNCCCCC(N)=O. The average Bonchev–Trinajstić information content (AvgIpc) is 2.71. The number of aryl methyl sites for hydroxylation is 1. The maximum Gasteiger partial charge on any atom is 0.217 e. The molecule has 0 fully saturated rings. The Kier molecular flexibility index (Phi) is 6.40. The van der Waals surface area contributed by atoms with Crippen LogP contribution in [-0.2, 0) is 17.9 Å². The number of aromatic nitrogens is 1. The van der Waals surface area contributed by atoms with Gasteiger partial charge < -0.3 is 15.6 Å². The van der Waals surface area contributed by atoms with E-state index >= 15 is 0 Å². The smallest absolute Gasteiger partial charge is 0.217 e. The standard InChI is InChI=1S/C13H23N3O/c1-2-9-16-10-5-6-12(16)11-15-8-4-3-7-13(14)17/h5-6,10,15H,2-4,7-9,11H2,1H3,(H2,14,17). The predicted octanol–water partition coefficient (Wildman–Crippen LogP) is 1.64. The van der Waals surface area contributed by atoms with Crippen LogP contribution in [0, 0.1) is 0 Å². The molecule has 1 aromatic heterocycles. The van der Waals surface area contributed by atoms with Crippen molar-refractivity contribution in [2.45, 2.75) is 45.7 Å². The first-order valence-electron chi connectivity index (χ1n) is 6.37. The van der Waals surface area contributed by atoms with Crippen LogP contribution in [0.3, 0.4) is 0 Å². The summed E-state index contributed by atoms with van der Waals surface area (Å²) in [5, 5.41) is 3.39. The van der Waals surface area contributed by atoms with Crippen LogP contribution in [0.1, 0.15) is 38.3 Å². The number of rotatable bonds is 9. The van der Waals surface area contributed by atoms with E-state index in [1.165, 1.54) is 5.69 Å². The first-order chi connectivity index (χ1) is 8.24. The van der Waals surface area contributed by atoms with E-state index in [0.717, 1.165) is 38.9 Å². The second-order valence-corrected chi connectivity index (χ2v) is 4.29. The van der Waals surface area contributed by atoms with Gasteiger partial charge in [0.25, 0.3) is 0 Å². The molecule has 1 heterocycles. The molecule has 1 amide bonds. The molecule has 0 radical (unpaired) electrons. The lowest BCUT2D eigenvalue weighted by Gasteiger charge is -2.08. The summed E-state index contributed by atoms with van der Waals surface area (Å²) >= 11 is 0. The lowest BCUT2D eigenvalue weighted by Crippen LogP contribution is -2.18. The lowest BCUT2D eigenvalue weighted by atomic mass is 10.2. The van der Waals surface area contributed by atoms with E-state index in [9.17, 15) is 4.79 Å². The summed E-state index contributed by atoms with van der Waals surface area (Å²) in [7, 11) is 0. The molecule has 4 heteroatoms. The Morgan fingerprint density at radius 2 is 2.29 bits per heavy atom. The van der Waals surface area contributed by atoms with Crippen molar-refractivity contribution in [1.82, 2.24) is 9.88 Å². The van der Waals surface area contributed by atoms with E-state index in [1.54, 1.807) is 0 Å². The number of carbonyl (C=O) groups is 1. The predicted molar refractivity (Wildman–Crippen MR) is 69.5 cm³/mol. The summed E-state index contributed by atoms with van der Waals surface area (Å²) < 4.78 is 2.27. The number of hydrogen-bond donors (Lipinski definition) is 2. The van der Waals surface area contributed by atoms with Crippen molar-refractivity contribution in [2.24, 2.45) is 5.73 Å². The summed E-state index contributed by atoms with van der Waals surface area (Å²) in [5.41, 5.74) is 6.40. The highest BCUT2D eigenvalue weighted by atomic mass is 16.1. The fourth-order valence-corrected chi connectivity index (χ4v) is 1.83. The number of primary amides is 1. The minimum Gasteiger partial charge on any atom is -0.370 e. The molecule has 0 saturated heterocycles. The molecule has 0 aromatic carbocycles. The van der Waals surface area contributed by atoms with E-state index in [4.69, 9.17) is 5.73 Å². The van der Waals surface area contributed by atoms with Gasteiger partial charge in [-0.05, 0) is 37.9 Å². The van der Waals surface area contributed by atoms with Gasteiger partial charge in [-0.3, -0.25) is 4.79 Å². The Hall–Kier alpha value is -1.29. The van der Waals surface area contributed by atoms with Crippen LogP contribution in [0.4, 0.5) is 0 Å². The molecule has 0 atom stereocenters. The fourth-order valence-electron chi connectivity index (χ4n) is 1.83. The second kappa shape index (κ2) is 7.90. The van der Waals surface area contributed by atoms with Gasteiger partial charge in [0.2, 0.25) is 5.91 Å². The Morgan fingerprint density at radius 3 is 3.00 bits per heavy atom. The van der Waals surface area contributed by atoms with Crippen molar-refractivity contribution in [1.29, 1.82) is 0 Å². The van der Waals surface area contributed by atoms with Crippen LogP contribution >= 0.6 is 0 Å². The van der Waals surface area contributed by atoms with E-state index < -0.39 is 0 Å². The maximum absolute atomic E-state index is 10.5. The molecule has 0 aliphatic heterocycles. The van der Waals surface area contributed by atoms with Gasteiger partial charge in [0.1, 0.15) is 0 Å². The number of hydrogen-bond acceptors (Lipinski definition) is 2. The molecular formula is C13H23N3O. The average molecular weight is 237 g/mol. The zero-order valence-electron chi connectivity index (χ0n) is 10.6. The molecule has 0 aliphatic carbocycles. The summed E-state index contributed by atoms with van der Waals surface area (Å²) in [6, 6.07) is 4.23. The van der Waals surface area contributed by atoms with Gasteiger partial charge in [0.15, 0.2) is 0 Å². The van der Waals surface area contributed by atoms with Gasteiger partial charge in [-0.2, -0.15) is 0 Å². The zero-order valence-corrected chi connectivity index (χ0v) is 10.6. The molecule has 0 bridgehead atoms. The Bertz CT molecular complexity index is 333. The first-order valence-corrected chi connectivity index (χ1v) is 6.37. The lowest BCUT2D eigenvalue weighted by molar-refractivity contribution is -0.118. The van der Waals surface area contributed by atoms with E-state index in [-0.39, 0.29) is 5.91 Å². The Labute approximate surface area is 103 Å². The Morgan fingerprint density at radius 1 is 1.47 bits per heavy atom. The number of amides is 1. The van der Waals surface area contributed by atoms with Crippen molar-refractivity contribution >= 4 is 5.91 Å². The minimum atomic E-state index is -0.207. The number of unbranched alkanes of at least 4 members (excludes halogenated alkanes) is 1. The van der Waals surface area contributed by atoms with Gasteiger partial charge in [-0.1, -0.05) is 6.92 Å². The summed E-state index contributed by atoms with van der Waals surface area (Å²) in [6.45, 7) is 5.08. The van der Waals surface area contributed by atoms with Crippen molar-refractivity contribution in [3.05, 3.63) is 24.0 Å². The number of nitrogens with two attached hydrogens (primary N) is 1. The van der Waals surface area contributed by atoms with Crippen LogP contribution in [-0.4, -0.2) is 17.0 Å². The highest BCUT2D eigenvalue weighted by Gasteiger charge is 1.99. The molecule has 96 valence electrons. The van der Waals surface area contributed by atoms with Gasteiger partial charge in [0, 0.05) is 31.4 Å². The maximum atomic E-state index is 10.5. The van der Waals surface area contributed by atoms with E-state index in [0.29, 0.717) is 6.42 Å². The van der Waals surface area contributed by atoms with E-state index in [2.05, 4.69) is 35.1 Å². The van der Waals surface area contributed by atoms with Crippen LogP contribution in [0.5, 0.6) is 0 Å². The van der Waals surface area contributed by atoms with Crippen molar-refractivity contribution < 1.29 is 4.79 Å². The number of nitrogens with one attached hydrogen (secondary N) is 1. The van der Waals surface area contributed by atoms with Crippen LogP contribution in [0.15, 0.2) is 18.3 Å². The normalized spacial score (nSPS) is 10.6. The molecule has 0 spiro atoms. The summed E-state index contributed by atoms with van der Waals surface area (Å²) in [5.74, 6) is -0.207. The third kappa shape index (κ3) is 5.54. The largest absolute Gasteiger partial charge is 0.370 e. The molecule has 3 N–H and O–H groups in total. The Balaban J connectivity index is 2.13. The fraction of sp³-hybridized carbons (Fsp3) is 0.615. The molecule has 1 aromatic rings. The summed E-state index contributed by atoms with van der Waals surface area (Å²) in [4.78, 5) is 10.5. The number of nitrogens with zero attached hydrogens (tertiary/aromatic N) is 1. The molecule has 17 heavy (non-hydrogen) atoms. The topological polar surface area (TPSA) is 60.1 Å². The van der Waals surface area contributed by atoms with Gasteiger partial charge in [0.05, 0.1) is 0 Å². The van der Waals surface area contributed by atoms with Crippen LogP contribution < -0.4 is 11.1 Å². The van der Waals surface area contributed by atoms with Crippen molar-refractivity contribution in [3.8, 4) is 0 Å². The van der Waals surface area contributed by atoms with E-state index in [1.807, 2.05) is 0 Å². The molecule has 0 unspecified atom stereocenters. The van der Waals surface area contributed by atoms with Gasteiger partial charge >= 0.3 is 0 Å². The van der Waals surface area contributed by atoms with Gasteiger partial charge in [-0.25, -0.2) is 0 Å². The molecule has 0 aliphatic rings. The highest BCUT2D eigenvalue weighted by Crippen LogP contribution is 2.03. The zero-order chi connectivity index (χ0) is 12.5. The molecule has 1 rings (SSSR count). The first kappa shape index (κ1) is 13.8. The van der Waals surface area contributed by atoms with Crippen molar-refractivity contribution in [3.63, 3.8) is 0 Å². The summed E-state index contributed by atoms with van der Waals surface area (Å²) in [6.07, 6.45) is 5.64. The highest BCUT2D eigenvalue weighted by molar-refractivity contribution is 5.73. The third-order valence-electron chi connectivity index (χ3n) is 2.72. The monoisotopic (exact) mass is 237 g/mol.